The molecule has 4 nitrogen and oxygen atoms in total. The zero-order chi connectivity index (χ0) is 15.8. The van der Waals surface area contributed by atoms with Crippen molar-refractivity contribution < 1.29 is 13.6 Å². The Bertz CT molecular complexity index is 692. The van der Waals surface area contributed by atoms with Gasteiger partial charge in [0.25, 0.3) is 0 Å². The Morgan fingerprint density at radius 1 is 1.38 bits per heavy atom. The van der Waals surface area contributed by atoms with E-state index in [2.05, 4.69) is 10.3 Å². The number of hydrogen-bond donors (Lipinski definition) is 1. The number of nitrogens with zero attached hydrogens (tertiary/aromatic N) is 2. The molecule has 1 aromatic heterocycles. The second kappa shape index (κ2) is 5.60. The van der Waals surface area contributed by atoms with Crippen LogP contribution in [0.25, 0.3) is 11.0 Å². The maximum absolute atomic E-state index is 14.0. The van der Waals surface area contributed by atoms with Crippen molar-refractivity contribution in [2.45, 2.75) is 38.7 Å². The minimum Gasteiger partial charge on any atom is -0.350 e. The normalized spacial score (nSPS) is 11.9. The summed E-state index contributed by atoms with van der Waals surface area (Å²) in [5.74, 6) is -2.02. The first-order valence-electron chi connectivity index (χ1n) is 6.43. The van der Waals surface area contributed by atoms with E-state index in [9.17, 15) is 13.6 Å². The summed E-state index contributed by atoms with van der Waals surface area (Å²) in [6.45, 7) is 5.33. The predicted octanol–water partition coefficient (Wildman–Crippen LogP) is 2.97. The van der Waals surface area contributed by atoms with Gasteiger partial charge in [0.05, 0.1) is 11.4 Å². The molecule has 0 bridgehead atoms. The van der Waals surface area contributed by atoms with Crippen LogP contribution in [0, 0.1) is 11.6 Å². The lowest BCUT2D eigenvalue weighted by molar-refractivity contribution is -0.123. The molecule has 1 heterocycles. The fraction of sp³-hybridized carbons (Fsp3) is 0.429. The number of aromatic nitrogens is 2. The molecule has 0 fully saturated rings. The highest BCUT2D eigenvalue weighted by atomic mass is 35.5. The SMILES string of the molecule is CC(C)(C)NC(=O)Cn1c(CCl)nc2ccc(F)c(F)c21. The first-order valence-corrected chi connectivity index (χ1v) is 6.96. The number of halogens is 3. The lowest BCUT2D eigenvalue weighted by Gasteiger charge is -2.21. The Morgan fingerprint density at radius 2 is 2.05 bits per heavy atom. The average molecular weight is 316 g/mol. The van der Waals surface area contributed by atoms with Crippen molar-refractivity contribution in [1.82, 2.24) is 14.9 Å². The summed E-state index contributed by atoms with van der Waals surface area (Å²) < 4.78 is 28.7. The molecular formula is C14H16ClF2N3O. The van der Waals surface area contributed by atoms with Crippen molar-refractivity contribution in [2.24, 2.45) is 0 Å². The molecule has 0 aliphatic heterocycles. The van der Waals surface area contributed by atoms with Gasteiger partial charge in [0, 0.05) is 5.54 Å². The lowest BCUT2D eigenvalue weighted by atomic mass is 10.1. The molecule has 0 saturated heterocycles. The third-order valence-electron chi connectivity index (χ3n) is 2.81. The maximum atomic E-state index is 14.0. The van der Waals surface area contributed by atoms with E-state index in [-0.39, 0.29) is 29.4 Å². The zero-order valence-electron chi connectivity index (χ0n) is 12.0. The van der Waals surface area contributed by atoms with Crippen molar-refractivity contribution >= 4 is 28.5 Å². The fourth-order valence-corrected chi connectivity index (χ4v) is 2.28. The van der Waals surface area contributed by atoms with Gasteiger partial charge in [-0.05, 0) is 32.9 Å². The molecule has 0 aliphatic carbocycles. The molecule has 2 rings (SSSR count). The van der Waals surface area contributed by atoms with Crippen LogP contribution >= 0.6 is 11.6 Å². The number of benzene rings is 1. The molecule has 0 radical (unpaired) electrons. The van der Waals surface area contributed by atoms with E-state index in [0.717, 1.165) is 6.07 Å². The number of hydrogen-bond acceptors (Lipinski definition) is 2. The van der Waals surface area contributed by atoms with Gasteiger partial charge >= 0.3 is 0 Å². The van der Waals surface area contributed by atoms with Crippen LogP contribution in [0.2, 0.25) is 0 Å². The van der Waals surface area contributed by atoms with Gasteiger partial charge in [-0.3, -0.25) is 4.79 Å². The van der Waals surface area contributed by atoms with Crippen LogP contribution in [0.1, 0.15) is 26.6 Å². The second-order valence-electron chi connectivity index (χ2n) is 5.78. The summed E-state index contributed by atoms with van der Waals surface area (Å²) in [5.41, 5.74) is -0.193. The summed E-state index contributed by atoms with van der Waals surface area (Å²) in [6, 6.07) is 2.37. The Hall–Kier alpha value is -1.69. The molecule has 0 unspecified atom stereocenters. The molecule has 1 aromatic carbocycles. The van der Waals surface area contributed by atoms with Gasteiger partial charge < -0.3 is 9.88 Å². The summed E-state index contributed by atoms with van der Waals surface area (Å²) in [7, 11) is 0. The van der Waals surface area contributed by atoms with Crippen molar-refractivity contribution in [2.75, 3.05) is 0 Å². The van der Waals surface area contributed by atoms with Crippen LogP contribution in [0.4, 0.5) is 8.78 Å². The highest BCUT2D eigenvalue weighted by Gasteiger charge is 2.20. The highest BCUT2D eigenvalue weighted by molar-refractivity contribution is 6.16. The molecule has 0 spiro atoms. The van der Waals surface area contributed by atoms with Crippen molar-refractivity contribution in [3.05, 3.63) is 29.6 Å². The summed E-state index contributed by atoms with van der Waals surface area (Å²) in [4.78, 5) is 16.1. The van der Waals surface area contributed by atoms with Gasteiger partial charge in [0.2, 0.25) is 5.91 Å². The third-order valence-corrected chi connectivity index (χ3v) is 3.05. The first kappa shape index (κ1) is 15.7. The van der Waals surface area contributed by atoms with E-state index in [0.29, 0.717) is 5.82 Å². The first-order chi connectivity index (χ1) is 9.73. The summed E-state index contributed by atoms with van der Waals surface area (Å²) in [5, 5.41) is 2.76. The average Bonchev–Trinajstić information content (AvgIpc) is 2.70. The summed E-state index contributed by atoms with van der Waals surface area (Å²) in [6.07, 6.45) is 0. The Labute approximate surface area is 126 Å². The molecule has 1 N–H and O–H groups in total. The molecule has 0 atom stereocenters. The van der Waals surface area contributed by atoms with Gasteiger partial charge in [0.1, 0.15) is 17.9 Å². The largest absolute Gasteiger partial charge is 0.350 e. The quantitative estimate of drug-likeness (QED) is 0.885. The Morgan fingerprint density at radius 3 is 2.62 bits per heavy atom. The Kier molecular flexibility index (Phi) is 4.18. The number of rotatable bonds is 3. The van der Waals surface area contributed by atoms with Gasteiger partial charge in [-0.25, -0.2) is 13.8 Å². The van der Waals surface area contributed by atoms with E-state index < -0.39 is 17.2 Å². The molecule has 7 heteroatoms. The zero-order valence-corrected chi connectivity index (χ0v) is 12.8. The van der Waals surface area contributed by atoms with E-state index in [1.807, 2.05) is 20.8 Å². The number of carbonyl (C=O) groups is 1. The van der Waals surface area contributed by atoms with Gasteiger partial charge in [0.15, 0.2) is 11.6 Å². The number of amides is 1. The van der Waals surface area contributed by atoms with Crippen molar-refractivity contribution in [3.63, 3.8) is 0 Å². The number of alkyl halides is 1. The molecule has 2 aromatic rings. The van der Waals surface area contributed by atoms with E-state index in [1.165, 1.54) is 10.6 Å². The van der Waals surface area contributed by atoms with Crippen molar-refractivity contribution in [3.8, 4) is 0 Å². The minimum atomic E-state index is -1.03. The minimum absolute atomic E-state index is 0.00145. The van der Waals surface area contributed by atoms with Crippen LogP contribution in [-0.2, 0) is 17.2 Å². The monoisotopic (exact) mass is 315 g/mol. The number of fused-ring (bicyclic) bond motifs is 1. The van der Waals surface area contributed by atoms with E-state index >= 15 is 0 Å². The molecule has 0 aliphatic rings. The third kappa shape index (κ3) is 3.32. The van der Waals surface area contributed by atoms with Crippen LogP contribution < -0.4 is 5.32 Å². The van der Waals surface area contributed by atoms with Crippen LogP contribution in [0.3, 0.4) is 0 Å². The highest BCUT2D eigenvalue weighted by Crippen LogP contribution is 2.22. The lowest BCUT2D eigenvalue weighted by Crippen LogP contribution is -2.42. The maximum Gasteiger partial charge on any atom is 0.240 e. The van der Waals surface area contributed by atoms with Crippen molar-refractivity contribution in [1.29, 1.82) is 0 Å². The number of imidazole rings is 1. The standard InChI is InChI=1S/C14H16ClF2N3O/c1-14(2,3)19-11(21)7-20-10(6-15)18-9-5-4-8(16)12(17)13(9)20/h4-5H,6-7H2,1-3H3,(H,19,21). The molecular weight excluding hydrogens is 300 g/mol. The Balaban J connectivity index is 2.47. The smallest absolute Gasteiger partial charge is 0.240 e. The molecule has 0 saturated carbocycles. The fourth-order valence-electron chi connectivity index (χ4n) is 2.08. The van der Waals surface area contributed by atoms with Crippen LogP contribution in [0.15, 0.2) is 12.1 Å². The molecule has 21 heavy (non-hydrogen) atoms. The molecule has 1 amide bonds. The molecule has 114 valence electrons. The van der Waals surface area contributed by atoms with E-state index in [1.54, 1.807) is 0 Å². The second-order valence-corrected chi connectivity index (χ2v) is 6.04. The van der Waals surface area contributed by atoms with E-state index in [4.69, 9.17) is 11.6 Å². The topological polar surface area (TPSA) is 46.9 Å². The summed E-state index contributed by atoms with van der Waals surface area (Å²) >= 11 is 5.78. The van der Waals surface area contributed by atoms with Gasteiger partial charge in [-0.15, -0.1) is 11.6 Å². The van der Waals surface area contributed by atoms with Crippen LogP contribution in [-0.4, -0.2) is 21.0 Å². The van der Waals surface area contributed by atoms with Gasteiger partial charge in [-0.1, -0.05) is 0 Å². The van der Waals surface area contributed by atoms with Gasteiger partial charge in [-0.2, -0.15) is 0 Å². The van der Waals surface area contributed by atoms with Crippen LogP contribution in [0.5, 0.6) is 0 Å². The number of nitrogens with one attached hydrogen (secondary N) is 1. The predicted molar refractivity (Wildman–Crippen MR) is 77.1 cm³/mol. The number of carbonyl (C=O) groups excluding carboxylic acids is 1.